The van der Waals surface area contributed by atoms with Gasteiger partial charge in [-0.1, -0.05) is 13.8 Å². The van der Waals surface area contributed by atoms with Crippen molar-refractivity contribution in [3.8, 4) is 0 Å². The highest BCUT2D eigenvalue weighted by molar-refractivity contribution is 8.01. The van der Waals surface area contributed by atoms with Crippen molar-refractivity contribution in [3.05, 3.63) is 0 Å². The maximum atomic E-state index is 11.8. The Kier molecular flexibility index (Phi) is 3.50. The SMILES string of the molecule is CO[C@@H]1CSC2(C1)CN(C(=O)CC(C)C)C2. The molecule has 2 rings (SSSR count). The fourth-order valence-corrected chi connectivity index (χ4v) is 4.07. The van der Waals surface area contributed by atoms with E-state index in [0.29, 0.717) is 29.1 Å². The van der Waals surface area contributed by atoms with Crippen molar-refractivity contribution in [1.82, 2.24) is 4.90 Å². The van der Waals surface area contributed by atoms with Gasteiger partial charge in [-0.2, -0.15) is 0 Å². The first-order valence-electron chi connectivity index (χ1n) is 5.99. The van der Waals surface area contributed by atoms with Gasteiger partial charge in [-0.05, 0) is 12.3 Å². The Bertz CT molecular complexity index is 274. The molecule has 0 radical (unpaired) electrons. The summed E-state index contributed by atoms with van der Waals surface area (Å²) in [4.78, 5) is 13.8. The molecule has 0 aromatic heterocycles. The van der Waals surface area contributed by atoms with E-state index < -0.39 is 0 Å². The van der Waals surface area contributed by atoms with Crippen molar-refractivity contribution >= 4 is 17.7 Å². The molecule has 1 spiro atoms. The molecule has 0 saturated carbocycles. The second-order valence-electron chi connectivity index (χ2n) is 5.40. The van der Waals surface area contributed by atoms with Gasteiger partial charge in [0.25, 0.3) is 0 Å². The summed E-state index contributed by atoms with van der Waals surface area (Å²) in [6.45, 7) is 6.06. The second-order valence-corrected chi connectivity index (χ2v) is 6.89. The van der Waals surface area contributed by atoms with Crippen LogP contribution >= 0.6 is 11.8 Å². The predicted molar refractivity (Wildman–Crippen MR) is 66.6 cm³/mol. The fourth-order valence-electron chi connectivity index (χ4n) is 2.48. The van der Waals surface area contributed by atoms with Crippen molar-refractivity contribution < 1.29 is 9.53 Å². The van der Waals surface area contributed by atoms with Crippen LogP contribution in [0.25, 0.3) is 0 Å². The number of hydrogen-bond donors (Lipinski definition) is 0. The monoisotopic (exact) mass is 243 g/mol. The van der Waals surface area contributed by atoms with Crippen LogP contribution in [0.5, 0.6) is 0 Å². The van der Waals surface area contributed by atoms with E-state index in [4.69, 9.17) is 4.74 Å². The van der Waals surface area contributed by atoms with E-state index in [1.165, 1.54) is 0 Å². The van der Waals surface area contributed by atoms with Gasteiger partial charge in [0, 0.05) is 32.4 Å². The Hall–Kier alpha value is -0.220. The summed E-state index contributed by atoms with van der Waals surface area (Å²) < 4.78 is 5.70. The zero-order chi connectivity index (χ0) is 11.8. The molecule has 0 unspecified atom stereocenters. The minimum Gasteiger partial charge on any atom is -0.381 e. The minimum absolute atomic E-state index is 0.321. The summed E-state index contributed by atoms with van der Waals surface area (Å²) in [6.07, 6.45) is 2.20. The predicted octanol–water partition coefficient (Wildman–Crippen LogP) is 1.77. The number of amides is 1. The summed E-state index contributed by atoms with van der Waals surface area (Å²) in [5.41, 5.74) is 0. The topological polar surface area (TPSA) is 29.5 Å². The van der Waals surface area contributed by atoms with Crippen LogP contribution in [0.1, 0.15) is 26.7 Å². The highest BCUT2D eigenvalue weighted by Gasteiger charge is 2.50. The molecule has 0 N–H and O–H groups in total. The third kappa shape index (κ3) is 2.38. The Morgan fingerprint density at radius 2 is 2.25 bits per heavy atom. The lowest BCUT2D eigenvalue weighted by molar-refractivity contribution is -0.137. The minimum atomic E-state index is 0.321. The molecule has 0 aliphatic carbocycles. The van der Waals surface area contributed by atoms with Gasteiger partial charge in [0.2, 0.25) is 5.91 Å². The zero-order valence-electron chi connectivity index (χ0n) is 10.4. The maximum Gasteiger partial charge on any atom is 0.222 e. The Labute approximate surface area is 102 Å². The summed E-state index contributed by atoms with van der Waals surface area (Å²) in [5, 5.41) is 0. The van der Waals surface area contributed by atoms with Gasteiger partial charge < -0.3 is 9.64 Å². The zero-order valence-corrected chi connectivity index (χ0v) is 11.2. The van der Waals surface area contributed by atoms with Gasteiger partial charge in [-0.25, -0.2) is 0 Å². The quantitative estimate of drug-likeness (QED) is 0.756. The summed E-state index contributed by atoms with van der Waals surface area (Å²) in [7, 11) is 1.78. The fraction of sp³-hybridized carbons (Fsp3) is 0.917. The van der Waals surface area contributed by atoms with Crippen LogP contribution in [0.15, 0.2) is 0 Å². The molecule has 2 saturated heterocycles. The number of carbonyl (C=O) groups is 1. The molecule has 1 atom stereocenters. The van der Waals surface area contributed by atoms with Gasteiger partial charge in [-0.3, -0.25) is 4.79 Å². The number of methoxy groups -OCH3 is 1. The largest absolute Gasteiger partial charge is 0.381 e. The van der Waals surface area contributed by atoms with Crippen LogP contribution in [0.3, 0.4) is 0 Å². The van der Waals surface area contributed by atoms with Crippen molar-refractivity contribution in [2.45, 2.75) is 37.5 Å². The summed E-state index contributed by atoms with van der Waals surface area (Å²) in [6, 6.07) is 0. The normalized spacial score (nSPS) is 27.5. The molecule has 1 amide bonds. The number of carbonyl (C=O) groups excluding carboxylic acids is 1. The van der Waals surface area contributed by atoms with Crippen molar-refractivity contribution in [2.75, 3.05) is 26.0 Å². The first-order chi connectivity index (χ1) is 7.54. The summed E-state index contributed by atoms with van der Waals surface area (Å²) >= 11 is 1.99. The molecule has 0 aromatic carbocycles. The van der Waals surface area contributed by atoms with Crippen LogP contribution in [0, 0.1) is 5.92 Å². The van der Waals surface area contributed by atoms with Crippen LogP contribution < -0.4 is 0 Å². The number of likely N-dealkylation sites (tertiary alicyclic amines) is 1. The third-order valence-electron chi connectivity index (χ3n) is 3.40. The second kappa shape index (κ2) is 4.57. The van der Waals surface area contributed by atoms with Crippen molar-refractivity contribution in [2.24, 2.45) is 5.92 Å². The van der Waals surface area contributed by atoms with Gasteiger partial charge >= 0.3 is 0 Å². The molecule has 0 aromatic rings. The van der Waals surface area contributed by atoms with Crippen LogP contribution in [0.2, 0.25) is 0 Å². The lowest BCUT2D eigenvalue weighted by Crippen LogP contribution is -2.60. The van der Waals surface area contributed by atoms with E-state index in [2.05, 4.69) is 13.8 Å². The Morgan fingerprint density at radius 1 is 1.56 bits per heavy atom. The van der Waals surface area contributed by atoms with E-state index in [-0.39, 0.29) is 0 Å². The van der Waals surface area contributed by atoms with Gasteiger partial charge in [0.15, 0.2) is 0 Å². The number of nitrogens with zero attached hydrogens (tertiary/aromatic N) is 1. The first-order valence-corrected chi connectivity index (χ1v) is 6.98. The smallest absolute Gasteiger partial charge is 0.222 e. The molecule has 2 heterocycles. The average molecular weight is 243 g/mol. The molecule has 0 bridgehead atoms. The molecular formula is C12H21NO2S. The molecule has 92 valence electrons. The standard InChI is InChI=1S/C12H21NO2S/c1-9(2)4-11(14)13-7-12(8-13)5-10(15-3)6-16-12/h9-10H,4-8H2,1-3H3/t10-/m0/s1. The molecule has 2 aliphatic heterocycles. The van der Waals surface area contributed by atoms with E-state index >= 15 is 0 Å². The van der Waals surface area contributed by atoms with E-state index in [9.17, 15) is 4.79 Å². The van der Waals surface area contributed by atoms with Crippen molar-refractivity contribution in [3.63, 3.8) is 0 Å². The molecule has 2 aliphatic rings. The van der Waals surface area contributed by atoms with Crippen LogP contribution in [0.4, 0.5) is 0 Å². The van der Waals surface area contributed by atoms with Crippen molar-refractivity contribution in [1.29, 1.82) is 0 Å². The number of rotatable bonds is 3. The molecule has 4 heteroatoms. The number of ether oxygens (including phenoxy) is 1. The number of hydrogen-bond acceptors (Lipinski definition) is 3. The van der Waals surface area contributed by atoms with Crippen LogP contribution in [-0.4, -0.2) is 47.6 Å². The van der Waals surface area contributed by atoms with Gasteiger partial charge in [0.05, 0.1) is 10.9 Å². The Morgan fingerprint density at radius 3 is 2.75 bits per heavy atom. The Balaban J connectivity index is 1.79. The molecule has 3 nitrogen and oxygen atoms in total. The molecule has 2 fully saturated rings. The summed E-state index contributed by atoms with van der Waals surface area (Å²) in [5.74, 6) is 1.87. The highest BCUT2D eigenvalue weighted by atomic mass is 32.2. The third-order valence-corrected chi connectivity index (χ3v) is 4.98. The lowest BCUT2D eigenvalue weighted by Gasteiger charge is -2.47. The highest BCUT2D eigenvalue weighted by Crippen LogP contribution is 2.46. The van der Waals surface area contributed by atoms with E-state index in [1.54, 1.807) is 7.11 Å². The van der Waals surface area contributed by atoms with Gasteiger partial charge in [-0.15, -0.1) is 11.8 Å². The number of thioether (sulfide) groups is 1. The van der Waals surface area contributed by atoms with E-state index in [1.807, 2.05) is 16.7 Å². The van der Waals surface area contributed by atoms with Crippen LogP contribution in [-0.2, 0) is 9.53 Å². The van der Waals surface area contributed by atoms with E-state index in [0.717, 1.165) is 25.3 Å². The first kappa shape index (κ1) is 12.2. The average Bonchev–Trinajstić information content (AvgIpc) is 2.58. The van der Waals surface area contributed by atoms with Gasteiger partial charge in [0.1, 0.15) is 0 Å². The molecular weight excluding hydrogens is 222 g/mol. The lowest BCUT2D eigenvalue weighted by atomic mass is 9.92. The maximum absolute atomic E-state index is 11.8. The molecule has 16 heavy (non-hydrogen) atoms.